The number of carbonyl (C=O) groups is 1. The van der Waals surface area contributed by atoms with E-state index in [0.717, 1.165) is 23.1 Å². The van der Waals surface area contributed by atoms with E-state index in [2.05, 4.69) is 6.92 Å². The molecular weight excluding hydrogens is 520 g/mol. The molecule has 3 aromatic carbocycles. The van der Waals surface area contributed by atoms with Crippen molar-refractivity contribution < 1.29 is 33.2 Å². The Labute approximate surface area is 243 Å². The highest BCUT2D eigenvalue weighted by Gasteiger charge is 2.50. The number of methoxy groups -OCH3 is 1. The molecule has 0 bridgehead atoms. The molecule has 0 aliphatic carbocycles. The van der Waals surface area contributed by atoms with Crippen LogP contribution in [0.3, 0.4) is 0 Å². The van der Waals surface area contributed by atoms with Gasteiger partial charge in [-0.2, -0.15) is 0 Å². The average molecular weight is 563 g/mol. The maximum Gasteiger partial charge on any atom is 0.306 e. The molecule has 0 radical (unpaired) electrons. The number of carbonyl (C=O) groups excluding carboxylic acids is 1. The molecule has 0 spiro atoms. The van der Waals surface area contributed by atoms with Crippen LogP contribution in [0.1, 0.15) is 43.4 Å². The summed E-state index contributed by atoms with van der Waals surface area (Å²) in [6, 6.07) is 29.7. The minimum absolute atomic E-state index is 0.193. The van der Waals surface area contributed by atoms with Crippen LogP contribution in [0.15, 0.2) is 91.0 Å². The van der Waals surface area contributed by atoms with E-state index in [1.165, 1.54) is 0 Å². The van der Waals surface area contributed by atoms with Gasteiger partial charge in [0.25, 0.3) is 0 Å². The normalized spacial score (nSPS) is 23.1. The first kappa shape index (κ1) is 30.9. The summed E-state index contributed by atoms with van der Waals surface area (Å²) in [5, 5.41) is 0. The summed E-state index contributed by atoms with van der Waals surface area (Å²) in [6.07, 6.45) is -2.32. The van der Waals surface area contributed by atoms with Crippen molar-refractivity contribution in [2.24, 2.45) is 5.92 Å². The smallest absolute Gasteiger partial charge is 0.306 e. The van der Waals surface area contributed by atoms with Crippen LogP contribution in [0.2, 0.25) is 0 Å². The first-order chi connectivity index (χ1) is 20.1. The molecular formula is C34H42O7. The molecule has 7 nitrogen and oxygen atoms in total. The molecule has 0 amide bonds. The van der Waals surface area contributed by atoms with Crippen molar-refractivity contribution in [2.45, 2.75) is 77.2 Å². The summed E-state index contributed by atoms with van der Waals surface area (Å²) >= 11 is 0. The van der Waals surface area contributed by atoms with E-state index < -0.39 is 30.7 Å². The van der Waals surface area contributed by atoms with Crippen molar-refractivity contribution in [3.63, 3.8) is 0 Å². The van der Waals surface area contributed by atoms with Crippen LogP contribution in [0.4, 0.5) is 0 Å². The Morgan fingerprint density at radius 1 is 0.756 bits per heavy atom. The van der Waals surface area contributed by atoms with Crippen LogP contribution in [0.5, 0.6) is 0 Å². The highest BCUT2D eigenvalue weighted by atomic mass is 16.7. The predicted octanol–water partition coefficient (Wildman–Crippen LogP) is 6.09. The second kappa shape index (κ2) is 16.4. The van der Waals surface area contributed by atoms with Gasteiger partial charge in [0.2, 0.25) is 0 Å². The van der Waals surface area contributed by atoms with E-state index in [9.17, 15) is 4.79 Å². The van der Waals surface area contributed by atoms with Crippen LogP contribution in [-0.4, -0.2) is 50.4 Å². The predicted molar refractivity (Wildman–Crippen MR) is 156 cm³/mol. The van der Waals surface area contributed by atoms with Crippen molar-refractivity contribution in [2.75, 3.05) is 13.7 Å². The van der Waals surface area contributed by atoms with Crippen molar-refractivity contribution >= 4 is 5.97 Å². The Bertz CT molecular complexity index is 1140. The van der Waals surface area contributed by atoms with E-state index in [1.807, 2.05) is 97.9 Å². The lowest BCUT2D eigenvalue weighted by molar-refractivity contribution is -0.317. The van der Waals surface area contributed by atoms with Gasteiger partial charge < -0.3 is 28.4 Å². The Morgan fingerprint density at radius 3 is 1.78 bits per heavy atom. The summed E-state index contributed by atoms with van der Waals surface area (Å²) in [5.41, 5.74) is 3.04. The van der Waals surface area contributed by atoms with Gasteiger partial charge in [-0.3, -0.25) is 4.79 Å². The van der Waals surface area contributed by atoms with E-state index in [0.29, 0.717) is 26.2 Å². The Kier molecular flexibility index (Phi) is 12.3. The molecule has 0 saturated carbocycles. The van der Waals surface area contributed by atoms with Gasteiger partial charge in [-0.05, 0) is 22.6 Å². The lowest BCUT2D eigenvalue weighted by atomic mass is 9.97. The SMILES string of the molecule is CC[C@H](C)CC(=O)O[C@H]1[C@@H](OCc2ccccc2)[C@@H](COCc2ccccc2)O[C@H](OC)[C@@H]1OCc1ccccc1. The summed E-state index contributed by atoms with van der Waals surface area (Å²) in [6.45, 7) is 5.34. The van der Waals surface area contributed by atoms with Crippen molar-refractivity contribution in [1.82, 2.24) is 0 Å². The minimum atomic E-state index is -0.790. The van der Waals surface area contributed by atoms with Gasteiger partial charge in [0.1, 0.15) is 18.3 Å². The molecule has 4 rings (SSSR count). The largest absolute Gasteiger partial charge is 0.456 e. The topological polar surface area (TPSA) is 72.5 Å². The molecule has 1 saturated heterocycles. The molecule has 41 heavy (non-hydrogen) atoms. The molecule has 7 heteroatoms. The highest BCUT2D eigenvalue weighted by Crippen LogP contribution is 2.31. The van der Waals surface area contributed by atoms with Crippen molar-refractivity contribution in [3.05, 3.63) is 108 Å². The van der Waals surface area contributed by atoms with Gasteiger partial charge in [-0.25, -0.2) is 0 Å². The number of benzene rings is 3. The second-order valence-electron chi connectivity index (χ2n) is 10.5. The van der Waals surface area contributed by atoms with E-state index >= 15 is 0 Å². The first-order valence-electron chi connectivity index (χ1n) is 14.4. The van der Waals surface area contributed by atoms with Gasteiger partial charge in [0.05, 0.1) is 26.4 Å². The summed E-state index contributed by atoms with van der Waals surface area (Å²) in [5.74, 6) is -0.107. The molecule has 1 aliphatic rings. The molecule has 1 fully saturated rings. The van der Waals surface area contributed by atoms with Gasteiger partial charge in [-0.15, -0.1) is 0 Å². The number of rotatable bonds is 15. The minimum Gasteiger partial charge on any atom is -0.456 e. The van der Waals surface area contributed by atoms with Crippen LogP contribution in [-0.2, 0) is 53.0 Å². The molecule has 6 atom stereocenters. The molecule has 1 heterocycles. The Balaban J connectivity index is 1.58. The molecule has 1 aliphatic heterocycles. The quantitative estimate of drug-likeness (QED) is 0.208. The molecule has 3 aromatic rings. The fourth-order valence-electron chi connectivity index (χ4n) is 4.74. The monoisotopic (exact) mass is 562 g/mol. The summed E-state index contributed by atoms with van der Waals surface area (Å²) < 4.78 is 37.3. The van der Waals surface area contributed by atoms with Crippen molar-refractivity contribution in [3.8, 4) is 0 Å². The maximum absolute atomic E-state index is 13.2. The fraction of sp³-hybridized carbons (Fsp3) is 0.441. The third-order valence-electron chi connectivity index (χ3n) is 7.27. The third kappa shape index (κ3) is 9.48. The summed E-state index contributed by atoms with van der Waals surface area (Å²) in [7, 11) is 1.56. The zero-order valence-electron chi connectivity index (χ0n) is 24.2. The Hall–Kier alpha value is -3.07. The van der Waals surface area contributed by atoms with E-state index in [4.69, 9.17) is 28.4 Å². The zero-order valence-corrected chi connectivity index (χ0v) is 24.2. The number of hydrogen-bond donors (Lipinski definition) is 0. The van der Waals surface area contributed by atoms with E-state index in [1.54, 1.807) is 7.11 Å². The fourth-order valence-corrected chi connectivity index (χ4v) is 4.74. The van der Waals surface area contributed by atoms with Crippen molar-refractivity contribution in [1.29, 1.82) is 0 Å². The lowest BCUT2D eigenvalue weighted by Gasteiger charge is -2.45. The van der Waals surface area contributed by atoms with Gasteiger partial charge >= 0.3 is 5.97 Å². The molecule has 0 aromatic heterocycles. The van der Waals surface area contributed by atoms with Gasteiger partial charge in [-0.1, -0.05) is 111 Å². The highest BCUT2D eigenvalue weighted by molar-refractivity contribution is 5.70. The second-order valence-corrected chi connectivity index (χ2v) is 10.5. The maximum atomic E-state index is 13.2. The van der Waals surface area contributed by atoms with Gasteiger partial charge in [0.15, 0.2) is 12.4 Å². The zero-order chi connectivity index (χ0) is 28.9. The number of ether oxygens (including phenoxy) is 6. The van der Waals surface area contributed by atoms with Crippen LogP contribution < -0.4 is 0 Å². The molecule has 0 N–H and O–H groups in total. The van der Waals surface area contributed by atoms with Crippen LogP contribution >= 0.6 is 0 Å². The molecule has 0 unspecified atom stereocenters. The Morgan fingerprint density at radius 2 is 1.27 bits per heavy atom. The lowest BCUT2D eigenvalue weighted by Crippen LogP contribution is -2.62. The average Bonchev–Trinajstić information content (AvgIpc) is 3.01. The summed E-state index contributed by atoms with van der Waals surface area (Å²) in [4.78, 5) is 13.2. The van der Waals surface area contributed by atoms with Gasteiger partial charge in [0, 0.05) is 13.5 Å². The standard InChI is InChI=1S/C34H42O7/c1-4-25(2)20-30(35)41-32-31(38-22-27-16-10-6-11-17-27)29(24-37-21-26-14-8-5-9-15-26)40-34(36-3)33(32)39-23-28-18-12-7-13-19-28/h5-19,25,29,31-34H,4,20-24H2,1-3H3/t25-,29+,31-,32-,33+,34-/m0/s1. The first-order valence-corrected chi connectivity index (χ1v) is 14.4. The van der Waals surface area contributed by atoms with E-state index in [-0.39, 0.29) is 18.5 Å². The third-order valence-corrected chi connectivity index (χ3v) is 7.27. The number of esters is 1. The van der Waals surface area contributed by atoms with Crippen LogP contribution in [0, 0.1) is 5.92 Å². The molecule has 220 valence electrons. The number of hydrogen-bond acceptors (Lipinski definition) is 7. The van der Waals surface area contributed by atoms with Crippen LogP contribution in [0.25, 0.3) is 0 Å².